The molecule has 0 bridgehead atoms. The Morgan fingerprint density at radius 3 is 2.61 bits per heavy atom. The molecule has 0 N–H and O–H groups in total. The van der Waals surface area contributed by atoms with Crippen molar-refractivity contribution < 1.29 is 13.2 Å². The van der Waals surface area contributed by atoms with E-state index in [2.05, 4.69) is 18.7 Å². The quantitative estimate of drug-likeness (QED) is 0.583. The van der Waals surface area contributed by atoms with Gasteiger partial charge in [-0.25, -0.2) is 8.42 Å². The largest absolute Gasteiger partial charge is 0.379 e. The van der Waals surface area contributed by atoms with Gasteiger partial charge in [0.25, 0.3) is 10.0 Å². The maximum absolute atomic E-state index is 13.7. The van der Waals surface area contributed by atoms with Gasteiger partial charge in [0.2, 0.25) is 0 Å². The van der Waals surface area contributed by atoms with Gasteiger partial charge in [-0.05, 0) is 54.7 Å². The van der Waals surface area contributed by atoms with E-state index < -0.39 is 10.0 Å². The summed E-state index contributed by atoms with van der Waals surface area (Å²) in [5, 5.41) is 0. The summed E-state index contributed by atoms with van der Waals surface area (Å²) in [5.41, 5.74) is 4.99. The zero-order valence-corrected chi connectivity index (χ0v) is 20.9. The van der Waals surface area contributed by atoms with Crippen LogP contribution in [0.2, 0.25) is 0 Å². The molecule has 0 aromatic heterocycles. The molecule has 0 radical (unpaired) electrons. The van der Waals surface area contributed by atoms with Crippen LogP contribution in [0.1, 0.15) is 44.4 Å². The van der Waals surface area contributed by atoms with Crippen molar-refractivity contribution in [2.24, 2.45) is 10.9 Å². The number of anilines is 1. The number of hydrogen-bond donors (Lipinski definition) is 0. The summed E-state index contributed by atoms with van der Waals surface area (Å²) in [6.07, 6.45) is 0.924. The molecule has 7 heteroatoms. The third kappa shape index (κ3) is 5.15. The number of sulfonamides is 1. The van der Waals surface area contributed by atoms with Gasteiger partial charge in [0.1, 0.15) is 0 Å². The van der Waals surface area contributed by atoms with E-state index in [0.29, 0.717) is 29.7 Å². The lowest BCUT2D eigenvalue weighted by atomic mass is 10.1. The van der Waals surface area contributed by atoms with Gasteiger partial charge in [0.05, 0.1) is 36.1 Å². The van der Waals surface area contributed by atoms with E-state index in [1.54, 1.807) is 10.4 Å². The SMILES string of the molecule is CCc1ccc(N(CC(C)C)S(=O)(=O)c2ccc3c(c2)CN=C3CN2CCOC[C@@H]2C)cc1. The van der Waals surface area contributed by atoms with E-state index in [0.717, 1.165) is 49.6 Å². The lowest BCUT2D eigenvalue weighted by Crippen LogP contribution is -2.45. The Balaban J connectivity index is 1.59. The minimum absolute atomic E-state index is 0.200. The molecule has 33 heavy (non-hydrogen) atoms. The number of aliphatic imine (C=N–C) groups is 1. The van der Waals surface area contributed by atoms with Gasteiger partial charge in [-0.3, -0.25) is 14.2 Å². The van der Waals surface area contributed by atoms with Crippen LogP contribution in [-0.4, -0.2) is 57.9 Å². The van der Waals surface area contributed by atoms with Crippen LogP contribution in [0.5, 0.6) is 0 Å². The number of morpholine rings is 1. The molecule has 0 saturated carbocycles. The summed E-state index contributed by atoms with van der Waals surface area (Å²) in [5.74, 6) is 0.200. The number of benzene rings is 2. The third-order valence-corrected chi connectivity index (χ3v) is 8.23. The first-order valence-electron chi connectivity index (χ1n) is 11.9. The highest BCUT2D eigenvalue weighted by Crippen LogP contribution is 2.29. The van der Waals surface area contributed by atoms with Gasteiger partial charge in [0.15, 0.2) is 0 Å². The molecule has 4 rings (SSSR count). The molecular weight excluding hydrogens is 434 g/mol. The van der Waals surface area contributed by atoms with E-state index in [4.69, 9.17) is 9.73 Å². The standard InChI is InChI=1S/C26H35N3O3S/c1-5-21-6-8-23(9-7-21)29(16-19(2)3)33(30,31)24-10-11-25-22(14-24)15-27-26(25)17-28-12-13-32-18-20(28)4/h6-11,14,19-20H,5,12-13,15-18H2,1-4H3/t20-/m0/s1. The van der Waals surface area contributed by atoms with Crippen LogP contribution < -0.4 is 4.31 Å². The van der Waals surface area contributed by atoms with Crippen molar-refractivity contribution in [1.29, 1.82) is 0 Å². The molecule has 2 aliphatic rings. The van der Waals surface area contributed by atoms with Crippen LogP contribution in [-0.2, 0) is 27.7 Å². The van der Waals surface area contributed by atoms with Crippen molar-refractivity contribution in [3.63, 3.8) is 0 Å². The van der Waals surface area contributed by atoms with E-state index in [9.17, 15) is 8.42 Å². The number of rotatable bonds is 8. The summed E-state index contributed by atoms with van der Waals surface area (Å²) >= 11 is 0. The molecule has 0 spiro atoms. The van der Waals surface area contributed by atoms with Gasteiger partial charge in [-0.15, -0.1) is 0 Å². The Hall–Kier alpha value is -2.22. The monoisotopic (exact) mass is 469 g/mol. The topological polar surface area (TPSA) is 62.2 Å². The van der Waals surface area contributed by atoms with E-state index in [1.165, 1.54) is 5.56 Å². The molecular formula is C26H35N3O3S. The zero-order chi connectivity index (χ0) is 23.6. The second kappa shape index (κ2) is 9.95. The molecule has 1 saturated heterocycles. The number of ether oxygens (including phenoxy) is 1. The van der Waals surface area contributed by atoms with Crippen LogP contribution >= 0.6 is 0 Å². The molecule has 2 aromatic carbocycles. The van der Waals surface area contributed by atoms with E-state index in [1.807, 2.05) is 50.2 Å². The predicted molar refractivity (Wildman–Crippen MR) is 134 cm³/mol. The molecule has 1 atom stereocenters. The maximum Gasteiger partial charge on any atom is 0.264 e. The molecule has 2 aromatic rings. The normalized spacial score (nSPS) is 18.9. The number of nitrogens with zero attached hydrogens (tertiary/aromatic N) is 3. The van der Waals surface area contributed by atoms with Crippen LogP contribution in [0.25, 0.3) is 0 Å². The minimum atomic E-state index is -3.69. The molecule has 2 heterocycles. The highest BCUT2D eigenvalue weighted by Gasteiger charge is 2.29. The zero-order valence-electron chi connectivity index (χ0n) is 20.1. The molecule has 178 valence electrons. The Kier molecular flexibility index (Phi) is 7.22. The smallest absolute Gasteiger partial charge is 0.264 e. The Morgan fingerprint density at radius 2 is 1.94 bits per heavy atom. The lowest BCUT2D eigenvalue weighted by molar-refractivity contribution is 0.00762. The van der Waals surface area contributed by atoms with Crippen molar-refractivity contribution in [2.45, 2.75) is 51.6 Å². The lowest BCUT2D eigenvalue weighted by Gasteiger charge is -2.33. The summed E-state index contributed by atoms with van der Waals surface area (Å²) < 4.78 is 34.6. The summed E-state index contributed by atoms with van der Waals surface area (Å²) in [6, 6.07) is 13.7. The number of fused-ring (bicyclic) bond motifs is 1. The second-order valence-electron chi connectivity index (χ2n) is 9.43. The van der Waals surface area contributed by atoms with Gasteiger partial charge in [0, 0.05) is 31.2 Å². The third-order valence-electron chi connectivity index (χ3n) is 6.44. The molecule has 6 nitrogen and oxygen atoms in total. The van der Waals surface area contributed by atoms with Gasteiger partial charge >= 0.3 is 0 Å². The minimum Gasteiger partial charge on any atom is -0.379 e. The van der Waals surface area contributed by atoms with Crippen LogP contribution in [0.3, 0.4) is 0 Å². The van der Waals surface area contributed by atoms with Crippen molar-refractivity contribution in [3.05, 3.63) is 59.2 Å². The molecule has 0 amide bonds. The van der Waals surface area contributed by atoms with E-state index >= 15 is 0 Å². The van der Waals surface area contributed by atoms with Crippen molar-refractivity contribution in [2.75, 3.05) is 37.2 Å². The number of hydrogen-bond acceptors (Lipinski definition) is 5. The highest BCUT2D eigenvalue weighted by molar-refractivity contribution is 7.92. The summed E-state index contributed by atoms with van der Waals surface area (Å²) in [7, 11) is -3.69. The fraction of sp³-hybridized carbons (Fsp3) is 0.500. The van der Waals surface area contributed by atoms with Crippen molar-refractivity contribution >= 4 is 21.4 Å². The van der Waals surface area contributed by atoms with Gasteiger partial charge in [-0.2, -0.15) is 0 Å². The maximum atomic E-state index is 13.7. The Labute approximate surface area is 198 Å². The van der Waals surface area contributed by atoms with E-state index in [-0.39, 0.29) is 5.92 Å². The molecule has 0 aliphatic carbocycles. The average molecular weight is 470 g/mol. The summed E-state index contributed by atoms with van der Waals surface area (Å²) in [4.78, 5) is 7.46. The fourth-order valence-corrected chi connectivity index (χ4v) is 6.11. The van der Waals surface area contributed by atoms with Crippen LogP contribution in [0.4, 0.5) is 5.69 Å². The Bertz CT molecular complexity index is 1110. The first-order chi connectivity index (χ1) is 15.8. The van der Waals surface area contributed by atoms with Gasteiger partial charge in [-0.1, -0.05) is 39.0 Å². The first kappa shape index (κ1) is 23.9. The van der Waals surface area contributed by atoms with Crippen molar-refractivity contribution in [1.82, 2.24) is 4.90 Å². The first-order valence-corrected chi connectivity index (χ1v) is 13.3. The Morgan fingerprint density at radius 1 is 1.18 bits per heavy atom. The highest BCUT2D eigenvalue weighted by atomic mass is 32.2. The molecule has 1 fully saturated rings. The number of aryl methyl sites for hydroxylation is 1. The predicted octanol–water partition coefficient (Wildman–Crippen LogP) is 4.12. The van der Waals surface area contributed by atoms with Crippen LogP contribution in [0.15, 0.2) is 52.4 Å². The van der Waals surface area contributed by atoms with Crippen LogP contribution in [0, 0.1) is 5.92 Å². The van der Waals surface area contributed by atoms with Gasteiger partial charge < -0.3 is 4.74 Å². The molecule has 0 unspecified atom stereocenters. The molecule has 2 aliphatic heterocycles. The van der Waals surface area contributed by atoms with Crippen molar-refractivity contribution in [3.8, 4) is 0 Å². The second-order valence-corrected chi connectivity index (χ2v) is 11.3. The summed E-state index contributed by atoms with van der Waals surface area (Å²) in [6.45, 7) is 12.4. The average Bonchev–Trinajstić information content (AvgIpc) is 3.21. The fourth-order valence-electron chi connectivity index (χ4n) is 4.43.